The van der Waals surface area contributed by atoms with E-state index in [2.05, 4.69) is 52.2 Å². The molecule has 5 nitrogen and oxygen atoms in total. The average molecular weight is 588 g/mol. The molecule has 180 valence electrons. The summed E-state index contributed by atoms with van der Waals surface area (Å²) in [5, 5.41) is 14.8. The van der Waals surface area contributed by atoms with Crippen LogP contribution in [0.2, 0.25) is 0 Å². The second kappa shape index (κ2) is 11.3. The topological polar surface area (TPSA) is 71.3 Å². The number of hydrogen-bond donors (Lipinski definition) is 1. The Morgan fingerprint density at radius 3 is 2.56 bits per heavy atom. The number of carbonyl (C=O) groups is 1. The fraction of sp³-hybridized carbons (Fsp3) is 0.133. The van der Waals surface area contributed by atoms with Gasteiger partial charge in [-0.15, -0.1) is 0 Å². The molecule has 36 heavy (non-hydrogen) atoms. The minimum atomic E-state index is -0.461. The van der Waals surface area contributed by atoms with E-state index in [1.165, 1.54) is 5.39 Å². The van der Waals surface area contributed by atoms with Gasteiger partial charge in [0.2, 0.25) is 0 Å². The third kappa shape index (κ3) is 5.86. The van der Waals surface area contributed by atoms with E-state index < -0.39 is 5.91 Å². The van der Waals surface area contributed by atoms with Crippen LogP contribution in [0.25, 0.3) is 16.8 Å². The highest BCUT2D eigenvalue weighted by molar-refractivity contribution is 14.1. The second-order valence-electron chi connectivity index (χ2n) is 8.45. The number of halogens is 1. The Balaban J connectivity index is 1.55. The van der Waals surface area contributed by atoms with E-state index in [1.54, 1.807) is 19.3 Å². The summed E-state index contributed by atoms with van der Waals surface area (Å²) in [6.45, 7) is 4.25. The first-order chi connectivity index (χ1) is 17.4. The molecule has 0 bridgehead atoms. The van der Waals surface area contributed by atoms with E-state index >= 15 is 0 Å². The monoisotopic (exact) mass is 588 g/mol. The number of anilines is 1. The number of amides is 1. The first kappa shape index (κ1) is 25.3. The molecule has 0 fully saturated rings. The molecule has 0 spiro atoms. The fourth-order valence-corrected chi connectivity index (χ4v) is 4.60. The molecule has 1 N–H and O–H groups in total. The van der Waals surface area contributed by atoms with Gasteiger partial charge in [0.1, 0.15) is 18.2 Å². The molecule has 0 radical (unpaired) electrons. The van der Waals surface area contributed by atoms with Crippen molar-refractivity contribution in [2.24, 2.45) is 0 Å². The van der Waals surface area contributed by atoms with E-state index in [9.17, 15) is 10.1 Å². The number of carbonyl (C=O) groups excluding carboxylic acids is 1. The summed E-state index contributed by atoms with van der Waals surface area (Å²) < 4.78 is 12.5. The molecule has 0 aromatic heterocycles. The van der Waals surface area contributed by atoms with Crippen LogP contribution in [0.3, 0.4) is 0 Å². The van der Waals surface area contributed by atoms with Crippen LogP contribution in [-0.2, 0) is 11.4 Å². The summed E-state index contributed by atoms with van der Waals surface area (Å²) in [5.74, 6) is 0.680. The minimum absolute atomic E-state index is 0.00130. The van der Waals surface area contributed by atoms with Crippen molar-refractivity contribution in [1.82, 2.24) is 0 Å². The number of nitrogens with zero attached hydrogens (tertiary/aromatic N) is 1. The van der Waals surface area contributed by atoms with Crippen molar-refractivity contribution < 1.29 is 14.3 Å². The van der Waals surface area contributed by atoms with Crippen molar-refractivity contribution in [3.63, 3.8) is 0 Å². The van der Waals surface area contributed by atoms with Crippen LogP contribution in [0.1, 0.15) is 22.3 Å². The van der Waals surface area contributed by atoms with E-state index in [1.807, 2.05) is 62.4 Å². The lowest BCUT2D eigenvalue weighted by Gasteiger charge is -2.14. The number of aryl methyl sites for hydroxylation is 2. The Bertz CT molecular complexity index is 1520. The smallest absolute Gasteiger partial charge is 0.266 e. The second-order valence-corrected chi connectivity index (χ2v) is 9.61. The molecule has 0 aliphatic carbocycles. The number of nitriles is 1. The molecule has 0 atom stereocenters. The van der Waals surface area contributed by atoms with Gasteiger partial charge in [0.15, 0.2) is 11.5 Å². The Labute approximate surface area is 224 Å². The number of benzene rings is 4. The predicted octanol–water partition coefficient (Wildman–Crippen LogP) is 7.19. The number of fused-ring (bicyclic) bond motifs is 1. The zero-order valence-electron chi connectivity index (χ0n) is 20.3. The Hall–Kier alpha value is -3.83. The number of rotatable bonds is 7. The van der Waals surface area contributed by atoms with E-state index in [4.69, 9.17) is 9.47 Å². The standard InChI is InChI=1S/C30H25IN2O3/c1-19-8-9-20(2)27(12-19)33-30(34)25(17-32)14-22-15-26(31)29(28(16-22)35-3)36-18-21-10-11-23-6-4-5-7-24(23)13-21/h4-16H,18H2,1-3H3,(H,33,34)/b25-14+. The fourth-order valence-electron chi connectivity index (χ4n) is 3.82. The van der Waals surface area contributed by atoms with E-state index in [-0.39, 0.29) is 5.57 Å². The molecule has 0 aliphatic heterocycles. The van der Waals surface area contributed by atoms with Crippen LogP contribution in [0, 0.1) is 28.7 Å². The lowest BCUT2D eigenvalue weighted by atomic mass is 10.1. The van der Waals surface area contributed by atoms with Gasteiger partial charge in [0.05, 0.1) is 10.7 Å². The highest BCUT2D eigenvalue weighted by atomic mass is 127. The summed E-state index contributed by atoms with van der Waals surface area (Å²) >= 11 is 2.18. The molecular weight excluding hydrogens is 563 g/mol. The first-order valence-corrected chi connectivity index (χ1v) is 12.4. The Kier molecular flexibility index (Phi) is 7.91. The molecule has 4 aromatic carbocycles. The largest absolute Gasteiger partial charge is 0.493 e. The van der Waals surface area contributed by atoms with Crippen molar-refractivity contribution in [3.05, 3.63) is 104 Å². The van der Waals surface area contributed by atoms with Gasteiger partial charge in [-0.1, -0.05) is 48.5 Å². The third-order valence-corrected chi connectivity index (χ3v) is 6.57. The normalized spacial score (nSPS) is 11.1. The summed E-state index contributed by atoms with van der Waals surface area (Å²) in [4.78, 5) is 12.8. The van der Waals surface area contributed by atoms with Crippen molar-refractivity contribution in [2.45, 2.75) is 20.5 Å². The minimum Gasteiger partial charge on any atom is -0.493 e. The quantitative estimate of drug-likeness (QED) is 0.141. The zero-order chi connectivity index (χ0) is 25.7. The molecule has 0 saturated heterocycles. The summed E-state index contributed by atoms with van der Waals surface area (Å²) in [7, 11) is 1.57. The van der Waals surface area contributed by atoms with Crippen molar-refractivity contribution in [1.29, 1.82) is 5.26 Å². The van der Waals surface area contributed by atoms with Crippen LogP contribution >= 0.6 is 22.6 Å². The summed E-state index contributed by atoms with van der Waals surface area (Å²) in [5.41, 5.74) is 4.35. The highest BCUT2D eigenvalue weighted by Crippen LogP contribution is 2.35. The molecular formula is C30H25IN2O3. The molecule has 0 saturated carbocycles. The average Bonchev–Trinajstić information content (AvgIpc) is 2.88. The van der Waals surface area contributed by atoms with Crippen molar-refractivity contribution >= 4 is 51.0 Å². The summed E-state index contributed by atoms with van der Waals surface area (Å²) in [6.07, 6.45) is 1.55. The van der Waals surface area contributed by atoms with Gasteiger partial charge >= 0.3 is 0 Å². The van der Waals surface area contributed by atoms with Crippen LogP contribution in [-0.4, -0.2) is 13.0 Å². The maximum atomic E-state index is 12.8. The number of nitrogens with one attached hydrogen (secondary N) is 1. The van der Waals surface area contributed by atoms with Gasteiger partial charge < -0.3 is 14.8 Å². The van der Waals surface area contributed by atoms with Gasteiger partial charge in [0, 0.05) is 5.69 Å². The predicted molar refractivity (Wildman–Crippen MR) is 152 cm³/mol. The molecule has 4 rings (SSSR count). The van der Waals surface area contributed by atoms with Gasteiger partial charge in [-0.3, -0.25) is 4.79 Å². The van der Waals surface area contributed by atoms with E-state index in [0.29, 0.717) is 29.4 Å². The molecule has 0 unspecified atom stereocenters. The maximum absolute atomic E-state index is 12.8. The zero-order valence-corrected chi connectivity index (χ0v) is 22.4. The molecule has 1 amide bonds. The Morgan fingerprint density at radius 2 is 1.81 bits per heavy atom. The van der Waals surface area contributed by atoms with Crippen LogP contribution in [0.4, 0.5) is 5.69 Å². The van der Waals surface area contributed by atoms with Crippen molar-refractivity contribution in [3.8, 4) is 17.6 Å². The SMILES string of the molecule is COc1cc(/C=C(\C#N)C(=O)Nc2cc(C)ccc2C)cc(I)c1OCc1ccc2ccccc2c1. The highest BCUT2D eigenvalue weighted by Gasteiger charge is 2.15. The molecule has 0 aliphatic rings. The van der Waals surface area contributed by atoms with Crippen LogP contribution in [0.15, 0.2) is 78.4 Å². The number of hydrogen-bond acceptors (Lipinski definition) is 4. The molecule has 0 heterocycles. The van der Waals surface area contributed by atoms with Crippen molar-refractivity contribution in [2.75, 3.05) is 12.4 Å². The van der Waals surface area contributed by atoms with Crippen LogP contribution in [0.5, 0.6) is 11.5 Å². The summed E-state index contributed by atoms with van der Waals surface area (Å²) in [6, 6.07) is 25.9. The molecule has 6 heteroatoms. The van der Waals surface area contributed by atoms with Gasteiger partial charge in [0.25, 0.3) is 5.91 Å². The number of methoxy groups -OCH3 is 1. The Morgan fingerprint density at radius 1 is 1.03 bits per heavy atom. The third-order valence-electron chi connectivity index (χ3n) is 5.77. The van der Waals surface area contributed by atoms with Crippen LogP contribution < -0.4 is 14.8 Å². The number of ether oxygens (including phenoxy) is 2. The van der Waals surface area contributed by atoms with E-state index in [0.717, 1.165) is 25.6 Å². The first-order valence-electron chi connectivity index (χ1n) is 11.4. The lowest BCUT2D eigenvalue weighted by Crippen LogP contribution is -2.14. The maximum Gasteiger partial charge on any atom is 0.266 e. The van der Waals surface area contributed by atoms with Gasteiger partial charge in [-0.25, -0.2) is 0 Å². The van der Waals surface area contributed by atoms with Gasteiger partial charge in [-0.05, 0) is 99.8 Å². The van der Waals surface area contributed by atoms with Gasteiger partial charge in [-0.2, -0.15) is 5.26 Å². The molecule has 4 aromatic rings. The lowest BCUT2D eigenvalue weighted by molar-refractivity contribution is -0.112.